The van der Waals surface area contributed by atoms with Crippen LogP contribution in [0.2, 0.25) is 0 Å². The average molecular weight is 279 g/mol. The van der Waals surface area contributed by atoms with Crippen molar-refractivity contribution < 1.29 is 4.79 Å². The van der Waals surface area contributed by atoms with Gasteiger partial charge in [0.2, 0.25) is 0 Å². The fourth-order valence-corrected chi connectivity index (χ4v) is 2.11. The molecular formula is C16H13N3O2. The van der Waals surface area contributed by atoms with Crippen LogP contribution < -0.4 is 10.9 Å². The highest BCUT2D eigenvalue weighted by atomic mass is 16.2. The number of H-pyrrole nitrogens is 1. The molecule has 0 spiro atoms. The fourth-order valence-electron chi connectivity index (χ4n) is 2.11. The number of amides is 1. The van der Waals surface area contributed by atoms with E-state index in [0.717, 1.165) is 5.56 Å². The fraction of sp³-hybridized carbons (Fsp3) is 0.0625. The molecule has 0 aliphatic rings. The van der Waals surface area contributed by atoms with Crippen LogP contribution in [-0.2, 0) is 0 Å². The Morgan fingerprint density at radius 3 is 2.76 bits per heavy atom. The van der Waals surface area contributed by atoms with Gasteiger partial charge in [0.15, 0.2) is 5.82 Å². The number of nitrogens with one attached hydrogen (secondary N) is 2. The molecule has 5 heteroatoms. The maximum atomic E-state index is 12.2. The Morgan fingerprint density at radius 2 is 1.95 bits per heavy atom. The molecule has 21 heavy (non-hydrogen) atoms. The van der Waals surface area contributed by atoms with Gasteiger partial charge in [0, 0.05) is 5.69 Å². The van der Waals surface area contributed by atoms with E-state index in [0.29, 0.717) is 16.6 Å². The molecule has 1 amide bonds. The molecule has 0 fully saturated rings. The van der Waals surface area contributed by atoms with Gasteiger partial charge in [-0.1, -0.05) is 24.3 Å². The summed E-state index contributed by atoms with van der Waals surface area (Å²) in [5.74, 6) is -0.441. The third-order valence-electron chi connectivity index (χ3n) is 3.10. The molecule has 0 radical (unpaired) electrons. The second kappa shape index (κ2) is 5.20. The maximum absolute atomic E-state index is 12.2. The summed E-state index contributed by atoms with van der Waals surface area (Å²) < 4.78 is 0. The molecule has 1 aromatic heterocycles. The average Bonchev–Trinajstić information content (AvgIpc) is 2.47. The van der Waals surface area contributed by atoms with Crippen LogP contribution in [0.25, 0.3) is 10.9 Å². The summed E-state index contributed by atoms with van der Waals surface area (Å²) in [6.45, 7) is 1.94. The first-order valence-electron chi connectivity index (χ1n) is 6.50. The third kappa shape index (κ3) is 2.67. The van der Waals surface area contributed by atoms with E-state index in [-0.39, 0.29) is 11.4 Å². The molecule has 3 aromatic rings. The van der Waals surface area contributed by atoms with Gasteiger partial charge in [-0.2, -0.15) is 0 Å². The molecule has 0 unspecified atom stereocenters. The van der Waals surface area contributed by atoms with Crippen LogP contribution in [0.3, 0.4) is 0 Å². The lowest BCUT2D eigenvalue weighted by Gasteiger charge is -2.06. The zero-order chi connectivity index (χ0) is 14.8. The van der Waals surface area contributed by atoms with Gasteiger partial charge in [0.05, 0.1) is 10.9 Å². The predicted molar refractivity (Wildman–Crippen MR) is 81.5 cm³/mol. The topological polar surface area (TPSA) is 74.8 Å². The van der Waals surface area contributed by atoms with Crippen LogP contribution >= 0.6 is 0 Å². The molecular weight excluding hydrogens is 266 g/mol. The third-order valence-corrected chi connectivity index (χ3v) is 3.10. The smallest absolute Gasteiger partial charge is 0.291 e. The van der Waals surface area contributed by atoms with Crippen LogP contribution in [-0.4, -0.2) is 15.9 Å². The quantitative estimate of drug-likeness (QED) is 0.756. The van der Waals surface area contributed by atoms with Gasteiger partial charge in [0.1, 0.15) is 0 Å². The number of rotatable bonds is 2. The molecule has 2 aromatic carbocycles. The minimum absolute atomic E-state index is 0.000191. The number of carbonyl (C=O) groups is 1. The molecule has 3 rings (SSSR count). The summed E-state index contributed by atoms with van der Waals surface area (Å²) in [5, 5.41) is 3.18. The molecule has 0 saturated heterocycles. The molecule has 0 atom stereocenters. The van der Waals surface area contributed by atoms with Crippen molar-refractivity contribution in [3.8, 4) is 0 Å². The number of fused-ring (bicyclic) bond motifs is 1. The van der Waals surface area contributed by atoms with Crippen molar-refractivity contribution in [1.29, 1.82) is 0 Å². The number of carbonyl (C=O) groups excluding carboxylic acids is 1. The van der Waals surface area contributed by atoms with Crippen molar-refractivity contribution in [3.63, 3.8) is 0 Å². The molecule has 104 valence electrons. The number of benzene rings is 2. The van der Waals surface area contributed by atoms with Gasteiger partial charge < -0.3 is 10.3 Å². The Morgan fingerprint density at radius 1 is 1.14 bits per heavy atom. The summed E-state index contributed by atoms with van der Waals surface area (Å²) in [4.78, 5) is 30.8. The Hall–Kier alpha value is -2.95. The standard InChI is InChI=1S/C16H13N3O2/c1-10-5-4-6-11(9-10)17-16(21)14-18-13-8-3-2-7-12(13)15(20)19-14/h2-9H,1H3,(H,17,21)(H,18,19,20). The van der Waals surface area contributed by atoms with E-state index in [2.05, 4.69) is 15.3 Å². The summed E-state index contributed by atoms with van der Waals surface area (Å²) in [5.41, 5.74) is 1.87. The van der Waals surface area contributed by atoms with Crippen molar-refractivity contribution in [3.05, 3.63) is 70.3 Å². The van der Waals surface area contributed by atoms with Gasteiger partial charge in [-0.3, -0.25) is 9.59 Å². The number of aryl methyl sites for hydroxylation is 1. The van der Waals surface area contributed by atoms with E-state index < -0.39 is 5.91 Å². The van der Waals surface area contributed by atoms with Gasteiger partial charge in [0.25, 0.3) is 11.5 Å². The first-order valence-corrected chi connectivity index (χ1v) is 6.50. The number of hydrogen-bond donors (Lipinski definition) is 2. The van der Waals surface area contributed by atoms with Crippen LogP contribution in [0.5, 0.6) is 0 Å². The van der Waals surface area contributed by atoms with Crippen LogP contribution in [0.15, 0.2) is 53.3 Å². The zero-order valence-electron chi connectivity index (χ0n) is 11.4. The highest BCUT2D eigenvalue weighted by Crippen LogP contribution is 2.11. The summed E-state index contributed by atoms with van der Waals surface area (Å²) in [6, 6.07) is 14.3. The second-order valence-electron chi connectivity index (χ2n) is 4.76. The van der Waals surface area contributed by atoms with Gasteiger partial charge in [-0.15, -0.1) is 0 Å². The minimum Gasteiger partial charge on any atom is -0.319 e. The first kappa shape index (κ1) is 13.1. The number of aromatic nitrogens is 2. The monoisotopic (exact) mass is 279 g/mol. The normalized spacial score (nSPS) is 10.5. The molecule has 5 nitrogen and oxygen atoms in total. The molecule has 2 N–H and O–H groups in total. The Bertz CT molecular complexity index is 884. The van der Waals surface area contributed by atoms with Crippen LogP contribution in [0, 0.1) is 6.92 Å². The van der Waals surface area contributed by atoms with Gasteiger partial charge in [-0.25, -0.2) is 4.98 Å². The minimum atomic E-state index is -0.441. The predicted octanol–water partition coefficient (Wildman–Crippen LogP) is 2.48. The van der Waals surface area contributed by atoms with Gasteiger partial charge in [-0.05, 0) is 36.8 Å². The van der Waals surface area contributed by atoms with E-state index in [1.54, 1.807) is 30.3 Å². The van der Waals surface area contributed by atoms with Crippen molar-refractivity contribution in [2.24, 2.45) is 0 Å². The lowest BCUT2D eigenvalue weighted by Crippen LogP contribution is -2.21. The number of hydrogen-bond acceptors (Lipinski definition) is 3. The number of para-hydroxylation sites is 1. The van der Waals surface area contributed by atoms with Crippen LogP contribution in [0.4, 0.5) is 5.69 Å². The number of anilines is 1. The first-order chi connectivity index (χ1) is 10.1. The Kier molecular flexibility index (Phi) is 3.23. The van der Waals surface area contributed by atoms with Gasteiger partial charge >= 0.3 is 0 Å². The van der Waals surface area contributed by atoms with Crippen molar-refractivity contribution in [1.82, 2.24) is 9.97 Å². The molecule has 0 aliphatic carbocycles. The zero-order valence-corrected chi connectivity index (χ0v) is 11.4. The summed E-state index contributed by atoms with van der Waals surface area (Å²) >= 11 is 0. The largest absolute Gasteiger partial charge is 0.319 e. The number of nitrogens with zero attached hydrogens (tertiary/aromatic N) is 1. The van der Waals surface area contributed by atoms with E-state index in [1.165, 1.54) is 0 Å². The molecule has 0 aliphatic heterocycles. The lowest BCUT2D eigenvalue weighted by atomic mass is 10.2. The molecule has 0 bridgehead atoms. The van der Waals surface area contributed by atoms with E-state index in [1.807, 2.05) is 25.1 Å². The van der Waals surface area contributed by atoms with E-state index >= 15 is 0 Å². The van der Waals surface area contributed by atoms with Crippen molar-refractivity contribution in [2.45, 2.75) is 6.92 Å². The lowest BCUT2D eigenvalue weighted by molar-refractivity contribution is 0.101. The van der Waals surface area contributed by atoms with Crippen molar-refractivity contribution >= 4 is 22.5 Å². The molecule has 1 heterocycles. The maximum Gasteiger partial charge on any atom is 0.291 e. The summed E-state index contributed by atoms with van der Waals surface area (Å²) in [6.07, 6.45) is 0. The highest BCUT2D eigenvalue weighted by molar-refractivity contribution is 6.02. The van der Waals surface area contributed by atoms with Crippen LogP contribution in [0.1, 0.15) is 16.2 Å². The van der Waals surface area contributed by atoms with E-state index in [4.69, 9.17) is 0 Å². The Labute approximate surface area is 120 Å². The Balaban J connectivity index is 1.96. The highest BCUT2D eigenvalue weighted by Gasteiger charge is 2.11. The molecule has 0 saturated carbocycles. The van der Waals surface area contributed by atoms with Crippen molar-refractivity contribution in [2.75, 3.05) is 5.32 Å². The second-order valence-corrected chi connectivity index (χ2v) is 4.76. The van der Waals surface area contributed by atoms with E-state index in [9.17, 15) is 9.59 Å². The number of aromatic amines is 1. The summed E-state index contributed by atoms with van der Waals surface area (Å²) in [7, 11) is 0. The SMILES string of the molecule is Cc1cccc(NC(=O)c2nc3ccccc3c(=O)[nH]2)c1.